The molecule has 0 bridgehead atoms. The Labute approximate surface area is 307 Å². The number of nitrogens with zero attached hydrogens (tertiary/aromatic N) is 8. The number of methoxy groups -OCH3 is 1. The van der Waals surface area contributed by atoms with Gasteiger partial charge >= 0.3 is 0 Å². The maximum absolute atomic E-state index is 13.8. The summed E-state index contributed by atoms with van der Waals surface area (Å²) in [5, 5.41) is 11.7. The minimum absolute atomic E-state index is 0.364. The Morgan fingerprint density at radius 3 is 2.39 bits per heavy atom. The average Bonchev–Trinajstić information content (AvgIpc) is 3.46. The van der Waals surface area contributed by atoms with Crippen LogP contribution in [-0.2, 0) is 4.57 Å². The summed E-state index contributed by atoms with van der Waals surface area (Å²) in [5.74, 6) is 1.54. The van der Waals surface area contributed by atoms with Crippen molar-refractivity contribution in [1.29, 1.82) is 0 Å². The molecule has 270 valence electrons. The number of aromatic nitrogens is 4. The first-order chi connectivity index (χ1) is 24.5. The maximum Gasteiger partial charge on any atom is 0.229 e. The fourth-order valence-electron chi connectivity index (χ4n) is 7.37. The van der Waals surface area contributed by atoms with Gasteiger partial charge in [-0.15, -0.1) is 0 Å². The summed E-state index contributed by atoms with van der Waals surface area (Å²) in [5.41, 5.74) is 6.09. The molecule has 0 atom stereocenters. The third-order valence-corrected chi connectivity index (χ3v) is 12.2. The summed E-state index contributed by atoms with van der Waals surface area (Å²) in [6.07, 6.45) is 9.80. The number of benzene rings is 2. The van der Waals surface area contributed by atoms with Crippen molar-refractivity contribution in [2.24, 2.45) is 0 Å². The van der Waals surface area contributed by atoms with Gasteiger partial charge < -0.3 is 34.7 Å². The molecule has 0 amide bonds. The van der Waals surface area contributed by atoms with Gasteiger partial charge in [0, 0.05) is 95.0 Å². The summed E-state index contributed by atoms with van der Waals surface area (Å²) >= 11 is 3.60. The molecule has 12 nitrogen and oxygen atoms in total. The quantitative estimate of drug-likeness (QED) is 0.182. The van der Waals surface area contributed by atoms with Crippen molar-refractivity contribution >= 4 is 73.8 Å². The van der Waals surface area contributed by atoms with Crippen LogP contribution in [-0.4, -0.2) is 114 Å². The number of likely N-dealkylation sites (N-methyl/N-ethyl adjacent to an activating group) is 1. The molecule has 2 aromatic carbocycles. The number of alkyl halides is 1. The Morgan fingerprint density at radius 1 is 0.961 bits per heavy atom. The van der Waals surface area contributed by atoms with E-state index in [0.29, 0.717) is 62.9 Å². The van der Waals surface area contributed by atoms with Gasteiger partial charge in [-0.3, -0.25) is 9.97 Å². The summed E-state index contributed by atoms with van der Waals surface area (Å²) in [7, 11) is 3.03. The lowest BCUT2D eigenvalue weighted by atomic mass is 9.96. The van der Waals surface area contributed by atoms with E-state index in [1.165, 1.54) is 5.57 Å². The number of hydrazine groups is 1. The molecule has 0 spiro atoms. The maximum atomic E-state index is 13.8. The SMILES string of the molecule is COc1cc(N2CCC(N3CCC(F)CC3)CC2)c(C2=CN(C)N(C)C2)cc1Nc1ncc(Br)c(Nc2ccc3nccnc3c2P(C)(C)=O)n1. The standard InChI is InChI=1S/C36H45BrFN10O2P/c1-45-21-23(22-46(45)2)26-18-30(32(50-3)19-31(26)48-16-10-25(11-17-48)47-14-8-24(38)9-15-47)43-36-41-20-27(37)35(44-36)42-29-7-6-28-33(40-13-12-39-28)34(29)51(4,5)49/h6-7,12-13,18-21,24-25H,8-11,14-17,22H2,1-5H3,(H2,41,42,43,44). The van der Waals surface area contributed by atoms with Gasteiger partial charge in [-0.1, -0.05) is 0 Å². The number of ether oxygens (including phenoxy) is 1. The van der Waals surface area contributed by atoms with E-state index < -0.39 is 13.3 Å². The number of hydrogen-bond acceptors (Lipinski definition) is 12. The number of halogens is 2. The van der Waals surface area contributed by atoms with Crippen molar-refractivity contribution in [2.45, 2.75) is 37.9 Å². The van der Waals surface area contributed by atoms with E-state index in [9.17, 15) is 8.96 Å². The van der Waals surface area contributed by atoms with E-state index in [1.54, 1.807) is 39.0 Å². The Balaban J connectivity index is 1.19. The van der Waals surface area contributed by atoms with E-state index >= 15 is 0 Å². The van der Waals surface area contributed by atoms with Gasteiger partial charge in [0.05, 0.1) is 33.8 Å². The molecule has 2 N–H and O–H groups in total. The van der Waals surface area contributed by atoms with Crippen LogP contribution in [0, 0.1) is 0 Å². The summed E-state index contributed by atoms with van der Waals surface area (Å²) in [4.78, 5) is 23.3. The van der Waals surface area contributed by atoms with Crippen LogP contribution in [0.25, 0.3) is 16.6 Å². The molecule has 3 aliphatic rings. The molecule has 4 aromatic rings. The fourth-order valence-corrected chi connectivity index (χ4v) is 9.05. The molecular weight excluding hydrogens is 734 g/mol. The Morgan fingerprint density at radius 2 is 1.71 bits per heavy atom. The molecule has 7 rings (SSSR count). The molecule has 5 heterocycles. The van der Waals surface area contributed by atoms with Crippen molar-refractivity contribution in [1.82, 2.24) is 34.9 Å². The highest BCUT2D eigenvalue weighted by atomic mass is 79.9. The highest BCUT2D eigenvalue weighted by molar-refractivity contribution is 9.10. The zero-order valence-corrected chi connectivity index (χ0v) is 32.2. The minimum Gasteiger partial charge on any atom is -0.494 e. The smallest absolute Gasteiger partial charge is 0.229 e. The molecule has 3 aliphatic heterocycles. The Bertz CT molecular complexity index is 1990. The van der Waals surface area contributed by atoms with Crippen molar-refractivity contribution in [3.8, 4) is 5.75 Å². The van der Waals surface area contributed by atoms with Crippen LogP contribution in [0.3, 0.4) is 0 Å². The zero-order valence-electron chi connectivity index (χ0n) is 29.7. The monoisotopic (exact) mass is 778 g/mol. The molecule has 2 fully saturated rings. The van der Waals surface area contributed by atoms with Gasteiger partial charge in [0.25, 0.3) is 0 Å². The average molecular weight is 780 g/mol. The van der Waals surface area contributed by atoms with Crippen LogP contribution in [0.15, 0.2) is 53.5 Å². The van der Waals surface area contributed by atoms with Gasteiger partial charge in [-0.2, -0.15) is 4.98 Å². The normalized spacial score (nSPS) is 18.4. The molecule has 2 aromatic heterocycles. The largest absolute Gasteiger partial charge is 0.494 e. The number of fused-ring (bicyclic) bond motifs is 1. The molecule has 0 saturated carbocycles. The van der Waals surface area contributed by atoms with Gasteiger partial charge in [0.1, 0.15) is 30.4 Å². The number of likely N-dealkylation sites (tertiary alicyclic amines) is 1. The number of nitrogens with one attached hydrogen (secondary N) is 2. The molecule has 0 unspecified atom stereocenters. The Kier molecular flexibility index (Phi) is 10.2. The lowest BCUT2D eigenvalue weighted by molar-refractivity contribution is 0.0981. The van der Waals surface area contributed by atoms with Crippen LogP contribution in [0.1, 0.15) is 31.2 Å². The zero-order chi connectivity index (χ0) is 35.9. The number of piperidine rings is 2. The van der Waals surface area contributed by atoms with Gasteiger partial charge in [0.15, 0.2) is 0 Å². The van der Waals surface area contributed by atoms with Crippen molar-refractivity contribution in [2.75, 3.05) is 82.8 Å². The number of anilines is 5. The lowest BCUT2D eigenvalue weighted by Gasteiger charge is -2.42. The third-order valence-electron chi connectivity index (χ3n) is 10.1. The second-order valence-electron chi connectivity index (χ2n) is 13.9. The van der Waals surface area contributed by atoms with Crippen molar-refractivity contribution in [3.05, 3.63) is 59.1 Å². The minimum atomic E-state index is -2.77. The highest BCUT2D eigenvalue weighted by Gasteiger charge is 2.31. The van der Waals surface area contributed by atoms with Gasteiger partial charge in [-0.25, -0.2) is 14.4 Å². The van der Waals surface area contributed by atoms with Crippen molar-refractivity contribution < 1.29 is 13.7 Å². The van der Waals surface area contributed by atoms with E-state index in [-0.39, 0.29) is 0 Å². The van der Waals surface area contributed by atoms with Crippen LogP contribution >= 0.6 is 23.1 Å². The second-order valence-corrected chi connectivity index (χ2v) is 17.9. The first-order valence-electron chi connectivity index (χ1n) is 17.3. The predicted octanol–water partition coefficient (Wildman–Crippen LogP) is 6.46. The van der Waals surface area contributed by atoms with Crippen LogP contribution in [0.5, 0.6) is 5.75 Å². The van der Waals surface area contributed by atoms with Crippen LogP contribution in [0.2, 0.25) is 0 Å². The topological polar surface area (TPSA) is 115 Å². The molecule has 2 saturated heterocycles. The fraction of sp³-hybridized carbons (Fsp3) is 0.444. The molecule has 15 heteroatoms. The van der Waals surface area contributed by atoms with Gasteiger partial charge in [-0.05, 0) is 78.7 Å². The predicted molar refractivity (Wildman–Crippen MR) is 207 cm³/mol. The number of hydrogen-bond donors (Lipinski definition) is 2. The number of rotatable bonds is 9. The van der Waals surface area contributed by atoms with Crippen LogP contribution < -0.4 is 25.6 Å². The summed E-state index contributed by atoms with van der Waals surface area (Å²) in [6.45, 7) is 7.75. The molecule has 0 radical (unpaired) electrons. The van der Waals surface area contributed by atoms with Crippen LogP contribution in [0.4, 0.5) is 33.2 Å². The molecule has 0 aliphatic carbocycles. The van der Waals surface area contributed by atoms with Gasteiger partial charge in [0.2, 0.25) is 5.95 Å². The van der Waals surface area contributed by atoms with E-state index in [2.05, 4.69) is 93.8 Å². The lowest BCUT2D eigenvalue weighted by Crippen LogP contribution is -2.48. The molecular formula is C36H45BrFN10O2P. The van der Waals surface area contributed by atoms with Crippen molar-refractivity contribution in [3.63, 3.8) is 0 Å². The first kappa shape index (κ1) is 35.6. The Hall–Kier alpha value is -3.84. The van der Waals surface area contributed by atoms with E-state index in [0.717, 1.165) is 62.5 Å². The first-order valence-corrected chi connectivity index (χ1v) is 20.7. The summed E-state index contributed by atoms with van der Waals surface area (Å²) in [6, 6.07) is 8.45. The highest BCUT2D eigenvalue weighted by Crippen LogP contribution is 2.43. The summed E-state index contributed by atoms with van der Waals surface area (Å²) < 4.78 is 34.0. The third kappa shape index (κ3) is 7.55. The second kappa shape index (κ2) is 14.7. The van der Waals surface area contributed by atoms with E-state index in [4.69, 9.17) is 9.72 Å². The van der Waals surface area contributed by atoms with E-state index in [1.807, 2.05) is 12.1 Å². The molecule has 51 heavy (non-hydrogen) atoms.